The molecule has 3 aromatic rings. The molecule has 2 aromatic carbocycles. The molecule has 0 unspecified atom stereocenters. The van der Waals surface area contributed by atoms with Gasteiger partial charge in [0, 0.05) is 20.7 Å². The summed E-state index contributed by atoms with van der Waals surface area (Å²) in [6, 6.07) is 14.4. The van der Waals surface area contributed by atoms with E-state index in [1.54, 1.807) is 24.3 Å². The molecule has 1 N–H and O–H groups in total. The number of rotatable bonds is 4. The number of halogens is 2. The van der Waals surface area contributed by atoms with Crippen molar-refractivity contribution in [3.05, 3.63) is 58.0 Å². The zero-order valence-electron chi connectivity index (χ0n) is 11.8. The Morgan fingerprint density at radius 3 is 2.52 bits per heavy atom. The fourth-order valence-corrected chi connectivity index (χ4v) is 2.38. The van der Waals surface area contributed by atoms with Crippen LogP contribution >= 0.6 is 27.5 Å². The van der Waals surface area contributed by atoms with Crippen molar-refractivity contribution in [2.24, 2.45) is 0 Å². The molecule has 0 fully saturated rings. The highest BCUT2D eigenvalue weighted by Crippen LogP contribution is 2.19. The highest BCUT2D eigenvalue weighted by atomic mass is 79.9. The van der Waals surface area contributed by atoms with Crippen LogP contribution in [0.1, 0.15) is 0 Å². The number of carbonyl (C=O) groups is 1. The molecule has 0 atom stereocenters. The maximum Gasteiger partial charge on any atom is 0.246 e. The first kappa shape index (κ1) is 15.6. The number of hydrogen-bond acceptors (Lipinski definition) is 4. The number of carbonyl (C=O) groups excluding carboxylic acids is 1. The minimum atomic E-state index is -0.213. The van der Waals surface area contributed by atoms with Crippen LogP contribution in [-0.4, -0.2) is 26.1 Å². The van der Waals surface area contributed by atoms with E-state index in [1.165, 1.54) is 4.68 Å². The number of aromatic nitrogens is 4. The van der Waals surface area contributed by atoms with E-state index < -0.39 is 0 Å². The standard InChI is InChI=1S/C15H11BrClN5O/c16-11-3-7-13(8-4-11)18-14(23)9-22-15(19-20-21-22)10-1-5-12(17)6-2-10/h1-8H,9H2,(H,18,23). The molecule has 0 bridgehead atoms. The van der Waals surface area contributed by atoms with Crippen LogP contribution in [0.4, 0.5) is 5.69 Å². The lowest BCUT2D eigenvalue weighted by molar-refractivity contribution is -0.116. The van der Waals surface area contributed by atoms with Gasteiger partial charge in [0.1, 0.15) is 6.54 Å². The van der Waals surface area contributed by atoms with Gasteiger partial charge in [0.25, 0.3) is 0 Å². The van der Waals surface area contributed by atoms with Gasteiger partial charge in [-0.1, -0.05) is 27.5 Å². The van der Waals surface area contributed by atoms with Crippen molar-refractivity contribution in [3.8, 4) is 11.4 Å². The average Bonchev–Trinajstić information content (AvgIpc) is 2.98. The number of benzene rings is 2. The van der Waals surface area contributed by atoms with Gasteiger partial charge in [-0.3, -0.25) is 4.79 Å². The van der Waals surface area contributed by atoms with Gasteiger partial charge < -0.3 is 5.32 Å². The summed E-state index contributed by atoms with van der Waals surface area (Å²) < 4.78 is 2.39. The number of nitrogens with one attached hydrogen (secondary N) is 1. The Morgan fingerprint density at radius 2 is 1.83 bits per heavy atom. The van der Waals surface area contributed by atoms with Gasteiger partial charge in [0.05, 0.1) is 0 Å². The van der Waals surface area contributed by atoms with E-state index in [4.69, 9.17) is 11.6 Å². The molecule has 1 heterocycles. The molecule has 0 spiro atoms. The predicted octanol–water partition coefficient (Wildman–Crippen LogP) is 3.39. The lowest BCUT2D eigenvalue weighted by atomic mass is 10.2. The monoisotopic (exact) mass is 391 g/mol. The maximum absolute atomic E-state index is 12.1. The molecule has 8 heteroatoms. The third-order valence-corrected chi connectivity index (χ3v) is 3.84. The van der Waals surface area contributed by atoms with Gasteiger partial charge in [-0.05, 0) is 59.0 Å². The first-order valence-electron chi connectivity index (χ1n) is 6.69. The Bertz CT molecular complexity index is 817. The van der Waals surface area contributed by atoms with Crippen LogP contribution in [0, 0.1) is 0 Å². The fraction of sp³-hybridized carbons (Fsp3) is 0.0667. The first-order chi connectivity index (χ1) is 11.1. The molecular weight excluding hydrogens is 382 g/mol. The van der Waals surface area contributed by atoms with E-state index >= 15 is 0 Å². The zero-order valence-corrected chi connectivity index (χ0v) is 14.1. The van der Waals surface area contributed by atoms with Crippen LogP contribution in [0.3, 0.4) is 0 Å². The van der Waals surface area contributed by atoms with Crippen molar-refractivity contribution >= 4 is 39.1 Å². The molecule has 1 aromatic heterocycles. The number of tetrazole rings is 1. The number of amides is 1. The van der Waals surface area contributed by atoms with Gasteiger partial charge in [-0.15, -0.1) is 5.10 Å². The molecule has 0 saturated carbocycles. The van der Waals surface area contributed by atoms with E-state index in [0.717, 1.165) is 10.0 Å². The number of hydrogen-bond donors (Lipinski definition) is 1. The topological polar surface area (TPSA) is 72.7 Å². The lowest BCUT2D eigenvalue weighted by Crippen LogP contribution is -2.20. The summed E-state index contributed by atoms with van der Waals surface area (Å²) in [7, 11) is 0. The third kappa shape index (κ3) is 3.94. The second-order valence-electron chi connectivity index (χ2n) is 4.72. The van der Waals surface area contributed by atoms with Gasteiger partial charge in [-0.2, -0.15) is 0 Å². The predicted molar refractivity (Wildman–Crippen MR) is 91.0 cm³/mol. The van der Waals surface area contributed by atoms with Crippen LogP contribution in [-0.2, 0) is 11.3 Å². The first-order valence-corrected chi connectivity index (χ1v) is 7.86. The van der Waals surface area contributed by atoms with E-state index in [-0.39, 0.29) is 12.5 Å². The van der Waals surface area contributed by atoms with Crippen LogP contribution in [0.15, 0.2) is 53.0 Å². The molecule has 6 nitrogen and oxygen atoms in total. The van der Waals surface area contributed by atoms with Crippen molar-refractivity contribution < 1.29 is 4.79 Å². The molecule has 3 rings (SSSR count). The van der Waals surface area contributed by atoms with Crippen molar-refractivity contribution in [2.45, 2.75) is 6.54 Å². The molecule has 23 heavy (non-hydrogen) atoms. The molecule has 1 amide bonds. The van der Waals surface area contributed by atoms with Crippen LogP contribution < -0.4 is 5.32 Å². The van der Waals surface area contributed by atoms with Crippen molar-refractivity contribution in [1.29, 1.82) is 0 Å². The third-order valence-electron chi connectivity index (χ3n) is 3.06. The summed E-state index contributed by atoms with van der Waals surface area (Å²) in [5.74, 6) is 0.294. The maximum atomic E-state index is 12.1. The van der Waals surface area contributed by atoms with Crippen molar-refractivity contribution in [2.75, 3.05) is 5.32 Å². The van der Waals surface area contributed by atoms with E-state index in [9.17, 15) is 4.79 Å². The Labute approximate surface area is 145 Å². The Balaban J connectivity index is 1.73. The molecule has 116 valence electrons. The minimum absolute atomic E-state index is 0.0149. The summed E-state index contributed by atoms with van der Waals surface area (Å²) in [6.45, 7) is 0.0149. The summed E-state index contributed by atoms with van der Waals surface area (Å²) in [4.78, 5) is 12.1. The Kier molecular flexibility index (Phi) is 4.68. The lowest BCUT2D eigenvalue weighted by Gasteiger charge is -2.07. The highest BCUT2D eigenvalue weighted by molar-refractivity contribution is 9.10. The molecule has 0 saturated heterocycles. The largest absolute Gasteiger partial charge is 0.324 e. The fourth-order valence-electron chi connectivity index (χ4n) is 1.99. The van der Waals surface area contributed by atoms with Gasteiger partial charge in [0.15, 0.2) is 5.82 Å². The van der Waals surface area contributed by atoms with Crippen molar-refractivity contribution in [1.82, 2.24) is 20.2 Å². The smallest absolute Gasteiger partial charge is 0.246 e. The molecule has 0 aliphatic carbocycles. The Hall–Kier alpha value is -2.25. The second kappa shape index (κ2) is 6.89. The van der Waals surface area contributed by atoms with Gasteiger partial charge in [0.2, 0.25) is 5.91 Å². The zero-order chi connectivity index (χ0) is 16.2. The van der Waals surface area contributed by atoms with E-state index in [1.807, 2.05) is 24.3 Å². The number of anilines is 1. The van der Waals surface area contributed by atoms with Crippen LogP contribution in [0.5, 0.6) is 0 Å². The molecular formula is C15H11BrClN5O. The van der Waals surface area contributed by atoms with Crippen LogP contribution in [0.2, 0.25) is 5.02 Å². The molecule has 0 radical (unpaired) electrons. The minimum Gasteiger partial charge on any atom is -0.324 e. The van der Waals surface area contributed by atoms with Crippen molar-refractivity contribution in [3.63, 3.8) is 0 Å². The second-order valence-corrected chi connectivity index (χ2v) is 6.07. The summed E-state index contributed by atoms with van der Waals surface area (Å²) in [5.41, 5.74) is 1.50. The van der Waals surface area contributed by atoms with Crippen LogP contribution in [0.25, 0.3) is 11.4 Å². The quantitative estimate of drug-likeness (QED) is 0.738. The summed E-state index contributed by atoms with van der Waals surface area (Å²) in [6.07, 6.45) is 0. The SMILES string of the molecule is O=C(Cn1nnnc1-c1ccc(Cl)cc1)Nc1ccc(Br)cc1. The van der Waals surface area contributed by atoms with E-state index in [2.05, 4.69) is 36.8 Å². The summed E-state index contributed by atoms with van der Waals surface area (Å²) in [5, 5.41) is 14.9. The van der Waals surface area contributed by atoms with E-state index in [0.29, 0.717) is 16.5 Å². The highest BCUT2D eigenvalue weighted by Gasteiger charge is 2.12. The average molecular weight is 393 g/mol. The molecule has 0 aliphatic heterocycles. The number of nitrogens with zero attached hydrogens (tertiary/aromatic N) is 4. The summed E-state index contributed by atoms with van der Waals surface area (Å²) >= 11 is 9.22. The van der Waals surface area contributed by atoms with Gasteiger partial charge >= 0.3 is 0 Å². The Morgan fingerprint density at radius 1 is 1.13 bits per heavy atom. The van der Waals surface area contributed by atoms with Gasteiger partial charge in [-0.25, -0.2) is 4.68 Å². The normalized spacial score (nSPS) is 10.5. The molecule has 0 aliphatic rings.